The van der Waals surface area contributed by atoms with Gasteiger partial charge in [0.15, 0.2) is 0 Å². The summed E-state index contributed by atoms with van der Waals surface area (Å²) in [5.74, 6) is 0.788. The smallest absolute Gasteiger partial charge is 0.334 e. The molecule has 182 valence electrons. The van der Waals surface area contributed by atoms with Crippen molar-refractivity contribution >= 4 is 47.3 Å². The molecule has 0 atom stereocenters. The van der Waals surface area contributed by atoms with Gasteiger partial charge < -0.3 is 4.74 Å². The molecule has 4 fully saturated rings. The second-order valence-corrected chi connectivity index (χ2v) is 12.6. The number of thioether (sulfide) groups is 2. The molecule has 2 heterocycles. The van der Waals surface area contributed by atoms with E-state index in [1.807, 2.05) is 13.8 Å². The van der Waals surface area contributed by atoms with E-state index < -0.39 is 23.3 Å². The molecule has 4 amide bonds. The molecule has 0 aromatic rings. The number of unbranched alkanes of at least 4 members (excludes halogenated alkanes) is 1. The highest BCUT2D eigenvalue weighted by atomic mass is 32.2. The highest BCUT2D eigenvalue weighted by Crippen LogP contribution is 2.61. The number of hydrogen-bond acceptors (Lipinski definition) is 7. The first-order valence-corrected chi connectivity index (χ1v) is 14.0. The molecule has 2 saturated carbocycles. The molecule has 7 nitrogen and oxygen atoms in total. The monoisotopic (exact) mass is 494 g/mol. The molecular formula is C24H34N2O5S2. The summed E-state index contributed by atoms with van der Waals surface area (Å²) in [6.07, 6.45) is 7.41. The topological polar surface area (TPSA) is 84.0 Å². The van der Waals surface area contributed by atoms with Gasteiger partial charge in [-0.2, -0.15) is 0 Å². The van der Waals surface area contributed by atoms with Gasteiger partial charge in [0, 0.05) is 12.6 Å². The maximum Gasteiger partial charge on any atom is 0.334 e. The van der Waals surface area contributed by atoms with Crippen molar-refractivity contribution in [2.45, 2.75) is 77.7 Å². The van der Waals surface area contributed by atoms with Gasteiger partial charge in [-0.3, -0.25) is 24.2 Å². The van der Waals surface area contributed by atoms with Gasteiger partial charge in [0.05, 0.1) is 16.8 Å². The highest BCUT2D eigenvalue weighted by molar-refractivity contribution is 8.22. The lowest BCUT2D eigenvalue weighted by Crippen LogP contribution is -2.61. The molecular weight excluding hydrogens is 460 g/mol. The molecule has 2 aliphatic carbocycles. The van der Waals surface area contributed by atoms with Crippen LogP contribution >= 0.6 is 23.5 Å². The summed E-state index contributed by atoms with van der Waals surface area (Å²) in [6.45, 7) is 4.33. The van der Waals surface area contributed by atoms with Crippen molar-refractivity contribution in [2.75, 3.05) is 25.2 Å². The van der Waals surface area contributed by atoms with E-state index in [2.05, 4.69) is 0 Å². The maximum atomic E-state index is 13.6. The number of hydrogen-bond donors (Lipinski definition) is 0. The first-order valence-electron chi connectivity index (χ1n) is 12.0. The third-order valence-electron chi connectivity index (χ3n) is 7.61. The van der Waals surface area contributed by atoms with Crippen LogP contribution in [-0.2, 0) is 19.1 Å². The van der Waals surface area contributed by atoms with E-state index in [-0.39, 0.29) is 23.0 Å². The van der Waals surface area contributed by atoms with Gasteiger partial charge in [-0.05, 0) is 75.2 Å². The van der Waals surface area contributed by atoms with Gasteiger partial charge in [-0.1, -0.05) is 13.3 Å². The van der Waals surface area contributed by atoms with Gasteiger partial charge >= 0.3 is 12.0 Å². The van der Waals surface area contributed by atoms with Crippen LogP contribution in [-0.4, -0.2) is 64.8 Å². The highest BCUT2D eigenvalue weighted by Gasteiger charge is 2.58. The third-order valence-corrected chi connectivity index (χ3v) is 10.2. The lowest BCUT2D eigenvalue weighted by molar-refractivity contribution is -0.171. The Balaban J connectivity index is 1.53. The summed E-state index contributed by atoms with van der Waals surface area (Å²) in [7, 11) is 1.43. The first kappa shape index (κ1) is 24.6. The Kier molecular flexibility index (Phi) is 7.20. The zero-order chi connectivity index (χ0) is 23.8. The number of urea groups is 1. The second-order valence-electron chi connectivity index (χ2n) is 10.1. The predicted octanol–water partition coefficient (Wildman–Crippen LogP) is 4.56. The minimum Gasteiger partial charge on any atom is -0.469 e. The number of esters is 1. The minimum atomic E-state index is -0.456. The summed E-state index contributed by atoms with van der Waals surface area (Å²) in [5, 5.41) is 0. The largest absolute Gasteiger partial charge is 0.469 e. The van der Waals surface area contributed by atoms with E-state index in [1.54, 1.807) is 23.5 Å². The van der Waals surface area contributed by atoms with E-state index in [0.29, 0.717) is 19.4 Å². The number of carbonyl (C=O) groups excluding carboxylic acids is 4. The van der Waals surface area contributed by atoms with E-state index in [4.69, 9.17) is 4.74 Å². The van der Waals surface area contributed by atoms with Crippen molar-refractivity contribution in [2.24, 2.45) is 10.8 Å². The molecule has 2 saturated heterocycles. The van der Waals surface area contributed by atoms with Gasteiger partial charge in [0.25, 0.3) is 11.8 Å². The van der Waals surface area contributed by atoms with Gasteiger partial charge in [-0.25, -0.2) is 4.79 Å². The van der Waals surface area contributed by atoms with Crippen LogP contribution in [0.3, 0.4) is 0 Å². The molecule has 33 heavy (non-hydrogen) atoms. The summed E-state index contributed by atoms with van der Waals surface area (Å²) < 4.78 is 5.75. The SMILES string of the molecule is CCCCN1C(=O)C(=C2SCCCS2)C(=O)N(C2CCC3(CC2)CC(C)(C(=O)OC)C3)C1=O. The zero-order valence-electron chi connectivity index (χ0n) is 19.8. The van der Waals surface area contributed by atoms with Crippen LogP contribution in [0.25, 0.3) is 0 Å². The average Bonchev–Trinajstić information content (AvgIpc) is 2.79. The fraction of sp³-hybridized carbons (Fsp3) is 0.750. The Morgan fingerprint density at radius 1 is 1.09 bits per heavy atom. The van der Waals surface area contributed by atoms with Crippen LogP contribution in [0.5, 0.6) is 0 Å². The van der Waals surface area contributed by atoms with Gasteiger partial charge in [-0.15, -0.1) is 23.5 Å². The number of amides is 4. The molecule has 0 aromatic carbocycles. The molecule has 1 spiro atoms. The molecule has 2 aliphatic heterocycles. The van der Waals surface area contributed by atoms with Crippen molar-refractivity contribution in [3.8, 4) is 0 Å². The number of nitrogens with zero attached hydrogens (tertiary/aromatic N) is 2. The minimum absolute atomic E-state index is 0.0927. The van der Waals surface area contributed by atoms with Crippen molar-refractivity contribution < 1.29 is 23.9 Å². The Morgan fingerprint density at radius 2 is 1.73 bits per heavy atom. The van der Waals surface area contributed by atoms with Gasteiger partial charge in [0.1, 0.15) is 5.57 Å². The summed E-state index contributed by atoms with van der Waals surface area (Å²) in [6, 6.07) is -0.658. The zero-order valence-corrected chi connectivity index (χ0v) is 21.4. The lowest BCUT2D eigenvalue weighted by atomic mass is 9.49. The number of rotatable bonds is 5. The fourth-order valence-electron chi connectivity index (χ4n) is 6.06. The quantitative estimate of drug-likeness (QED) is 0.315. The molecule has 0 aromatic heterocycles. The normalized spacial score (nSPS) is 32.9. The number of carbonyl (C=O) groups is 4. The Morgan fingerprint density at radius 3 is 2.30 bits per heavy atom. The first-order chi connectivity index (χ1) is 15.7. The van der Waals surface area contributed by atoms with Crippen LogP contribution in [0.15, 0.2) is 9.81 Å². The van der Waals surface area contributed by atoms with Crippen molar-refractivity contribution in [3.63, 3.8) is 0 Å². The predicted molar refractivity (Wildman–Crippen MR) is 129 cm³/mol. The Labute approximate surface area is 204 Å². The molecule has 4 rings (SSSR count). The second kappa shape index (κ2) is 9.64. The maximum absolute atomic E-state index is 13.6. The number of ether oxygens (including phenoxy) is 1. The summed E-state index contributed by atoms with van der Waals surface area (Å²) in [4.78, 5) is 55.0. The van der Waals surface area contributed by atoms with Crippen molar-refractivity contribution in [3.05, 3.63) is 9.81 Å². The Bertz CT molecular complexity index is 862. The summed E-state index contributed by atoms with van der Waals surface area (Å²) >= 11 is 3.13. The van der Waals surface area contributed by atoms with Crippen LogP contribution in [0, 0.1) is 10.8 Å². The standard InChI is InChI=1S/C24H34N2O5S2/c1-4-5-11-25-18(27)17(20-32-12-6-13-33-20)19(28)26(22(25)30)16-7-9-24(10-8-16)14-23(2,15-24)21(29)31-3/h16H,4-15H2,1-3H3. The van der Waals surface area contributed by atoms with Crippen molar-refractivity contribution in [1.29, 1.82) is 0 Å². The molecule has 4 aliphatic rings. The van der Waals surface area contributed by atoms with E-state index in [0.717, 1.165) is 60.7 Å². The number of barbiturate groups is 1. The van der Waals surface area contributed by atoms with Crippen molar-refractivity contribution in [1.82, 2.24) is 9.80 Å². The fourth-order valence-corrected chi connectivity index (χ4v) is 8.66. The van der Waals surface area contributed by atoms with Crippen LogP contribution in [0.4, 0.5) is 4.79 Å². The lowest BCUT2D eigenvalue weighted by Gasteiger charge is -2.56. The van der Waals surface area contributed by atoms with Crippen LogP contribution in [0.2, 0.25) is 0 Å². The molecule has 0 N–H and O–H groups in total. The van der Waals surface area contributed by atoms with E-state index in [9.17, 15) is 19.2 Å². The number of methoxy groups -OCH3 is 1. The molecule has 0 radical (unpaired) electrons. The van der Waals surface area contributed by atoms with Gasteiger partial charge in [0.2, 0.25) is 0 Å². The molecule has 9 heteroatoms. The molecule has 0 unspecified atom stereocenters. The summed E-state index contributed by atoms with van der Waals surface area (Å²) in [5.41, 5.74) is -0.132. The number of imide groups is 2. The van der Waals surface area contributed by atoms with E-state index in [1.165, 1.54) is 16.9 Å². The van der Waals surface area contributed by atoms with E-state index >= 15 is 0 Å². The Hall–Kier alpha value is -1.48. The average molecular weight is 495 g/mol. The van der Waals surface area contributed by atoms with Crippen LogP contribution < -0.4 is 0 Å². The van der Waals surface area contributed by atoms with Crippen LogP contribution in [0.1, 0.15) is 71.6 Å². The molecule has 0 bridgehead atoms. The third kappa shape index (κ3) is 4.47.